The third-order valence-electron chi connectivity index (χ3n) is 4.57. The van der Waals surface area contributed by atoms with Crippen molar-refractivity contribution < 1.29 is 13.6 Å². The van der Waals surface area contributed by atoms with E-state index in [1.54, 1.807) is 11.1 Å². The van der Waals surface area contributed by atoms with E-state index in [0.29, 0.717) is 44.8 Å². The maximum atomic E-state index is 13.3. The Morgan fingerprint density at radius 1 is 1.11 bits per heavy atom. The smallest absolute Gasteiger partial charge is 0.317 e. The highest BCUT2D eigenvalue weighted by Gasteiger charge is 2.21. The van der Waals surface area contributed by atoms with Gasteiger partial charge in [0.2, 0.25) is 0 Å². The Labute approximate surface area is 157 Å². The van der Waals surface area contributed by atoms with E-state index in [1.165, 1.54) is 12.1 Å². The van der Waals surface area contributed by atoms with Gasteiger partial charge in [0.15, 0.2) is 0 Å². The van der Waals surface area contributed by atoms with Crippen LogP contribution in [0, 0.1) is 11.6 Å². The first-order valence-corrected chi connectivity index (χ1v) is 9.25. The standard InChI is InChI=1S/C19H25F2N5O/c1-2-3-26-14-16(12-23-26)11-22-19(27)25-6-4-24(5-7-25)13-15-8-17(20)10-18(21)9-15/h8-10,12,14H,2-7,11,13H2,1H3,(H,22,27). The van der Waals surface area contributed by atoms with E-state index >= 15 is 0 Å². The van der Waals surface area contributed by atoms with E-state index in [0.717, 1.165) is 24.6 Å². The van der Waals surface area contributed by atoms with Crippen molar-refractivity contribution in [3.05, 3.63) is 53.4 Å². The lowest BCUT2D eigenvalue weighted by Gasteiger charge is -2.34. The molecule has 1 saturated heterocycles. The monoisotopic (exact) mass is 377 g/mol. The summed E-state index contributed by atoms with van der Waals surface area (Å²) in [4.78, 5) is 16.2. The largest absolute Gasteiger partial charge is 0.334 e. The average Bonchev–Trinajstić information content (AvgIpc) is 3.07. The molecule has 1 aromatic heterocycles. The number of hydrogen-bond acceptors (Lipinski definition) is 3. The number of hydrogen-bond donors (Lipinski definition) is 1. The van der Waals surface area contributed by atoms with Crippen LogP contribution >= 0.6 is 0 Å². The molecule has 0 bridgehead atoms. The number of rotatable bonds is 6. The lowest BCUT2D eigenvalue weighted by Crippen LogP contribution is -2.51. The minimum absolute atomic E-state index is 0.102. The first-order valence-electron chi connectivity index (χ1n) is 9.25. The van der Waals surface area contributed by atoms with Gasteiger partial charge < -0.3 is 10.2 Å². The summed E-state index contributed by atoms with van der Waals surface area (Å²) < 4.78 is 28.5. The molecule has 1 N–H and O–H groups in total. The Kier molecular flexibility index (Phi) is 6.39. The summed E-state index contributed by atoms with van der Waals surface area (Å²) in [5, 5.41) is 7.17. The number of aromatic nitrogens is 2. The van der Waals surface area contributed by atoms with Crippen molar-refractivity contribution in [2.45, 2.75) is 33.0 Å². The van der Waals surface area contributed by atoms with Crippen molar-refractivity contribution in [2.24, 2.45) is 0 Å². The number of halogens is 2. The molecule has 2 heterocycles. The Balaban J connectivity index is 1.43. The quantitative estimate of drug-likeness (QED) is 0.842. The molecule has 1 aliphatic heterocycles. The molecule has 0 saturated carbocycles. The minimum Gasteiger partial charge on any atom is -0.334 e. The molecule has 1 aromatic carbocycles. The second-order valence-corrected chi connectivity index (χ2v) is 6.81. The van der Waals surface area contributed by atoms with E-state index in [4.69, 9.17) is 0 Å². The van der Waals surface area contributed by atoms with E-state index < -0.39 is 11.6 Å². The normalized spacial score (nSPS) is 15.1. The van der Waals surface area contributed by atoms with Gasteiger partial charge >= 0.3 is 6.03 Å². The Morgan fingerprint density at radius 2 is 1.81 bits per heavy atom. The van der Waals surface area contributed by atoms with Crippen molar-refractivity contribution in [1.82, 2.24) is 24.9 Å². The van der Waals surface area contributed by atoms with Gasteiger partial charge in [-0.2, -0.15) is 5.10 Å². The van der Waals surface area contributed by atoms with Crippen molar-refractivity contribution in [1.29, 1.82) is 0 Å². The number of aryl methyl sites for hydroxylation is 1. The van der Waals surface area contributed by atoms with Gasteiger partial charge in [-0.3, -0.25) is 9.58 Å². The summed E-state index contributed by atoms with van der Waals surface area (Å²) in [5.41, 5.74) is 1.58. The predicted molar refractivity (Wildman–Crippen MR) is 98.0 cm³/mol. The number of benzene rings is 1. The number of piperazine rings is 1. The van der Waals surface area contributed by atoms with Crippen molar-refractivity contribution in [3.63, 3.8) is 0 Å². The maximum absolute atomic E-state index is 13.3. The number of urea groups is 1. The highest BCUT2D eigenvalue weighted by atomic mass is 19.1. The lowest BCUT2D eigenvalue weighted by atomic mass is 10.2. The fraction of sp³-hybridized carbons (Fsp3) is 0.474. The van der Waals surface area contributed by atoms with Gasteiger partial charge in [0.25, 0.3) is 0 Å². The molecule has 146 valence electrons. The van der Waals surface area contributed by atoms with Crippen LogP contribution in [0.25, 0.3) is 0 Å². The summed E-state index contributed by atoms with van der Waals surface area (Å²) >= 11 is 0. The molecule has 27 heavy (non-hydrogen) atoms. The fourth-order valence-electron chi connectivity index (χ4n) is 3.21. The molecular weight excluding hydrogens is 352 g/mol. The number of nitrogens with one attached hydrogen (secondary N) is 1. The van der Waals surface area contributed by atoms with Crippen LogP contribution in [0.15, 0.2) is 30.6 Å². The average molecular weight is 377 g/mol. The SMILES string of the molecule is CCCn1cc(CNC(=O)N2CCN(Cc3cc(F)cc(F)c3)CC2)cn1. The zero-order valence-electron chi connectivity index (χ0n) is 15.5. The van der Waals surface area contributed by atoms with Gasteiger partial charge in [0.05, 0.1) is 6.20 Å². The molecule has 2 aromatic rings. The van der Waals surface area contributed by atoms with Crippen molar-refractivity contribution in [2.75, 3.05) is 26.2 Å². The predicted octanol–water partition coefficient (Wildman–Crippen LogP) is 2.60. The lowest BCUT2D eigenvalue weighted by molar-refractivity contribution is 0.135. The van der Waals surface area contributed by atoms with Crippen LogP contribution in [-0.4, -0.2) is 51.8 Å². The highest BCUT2D eigenvalue weighted by Crippen LogP contribution is 2.12. The van der Waals surface area contributed by atoms with Gasteiger partial charge in [0.1, 0.15) is 11.6 Å². The van der Waals surface area contributed by atoms with Crippen LogP contribution in [0.4, 0.5) is 13.6 Å². The molecule has 0 spiro atoms. The Morgan fingerprint density at radius 3 is 2.48 bits per heavy atom. The Hall–Kier alpha value is -2.48. The van der Waals surface area contributed by atoms with Crippen LogP contribution in [0.5, 0.6) is 0 Å². The van der Waals surface area contributed by atoms with Gasteiger partial charge in [0, 0.05) is 63.6 Å². The molecule has 2 amide bonds. The van der Waals surface area contributed by atoms with E-state index in [-0.39, 0.29) is 6.03 Å². The topological polar surface area (TPSA) is 53.4 Å². The third-order valence-corrected chi connectivity index (χ3v) is 4.57. The number of amides is 2. The summed E-state index contributed by atoms with van der Waals surface area (Å²) in [6.45, 7) is 6.38. The molecule has 6 nitrogen and oxygen atoms in total. The number of nitrogens with zero attached hydrogens (tertiary/aromatic N) is 4. The van der Waals surface area contributed by atoms with Crippen LogP contribution in [-0.2, 0) is 19.6 Å². The summed E-state index contributed by atoms with van der Waals surface area (Å²) in [6, 6.07) is 3.47. The van der Waals surface area contributed by atoms with Gasteiger partial charge in [-0.1, -0.05) is 6.92 Å². The molecular formula is C19H25F2N5O. The van der Waals surface area contributed by atoms with Gasteiger partial charge in [-0.15, -0.1) is 0 Å². The molecule has 1 aliphatic rings. The summed E-state index contributed by atoms with van der Waals surface area (Å²) in [6.07, 6.45) is 4.73. The molecule has 0 aliphatic carbocycles. The first-order chi connectivity index (χ1) is 13.0. The molecule has 8 heteroatoms. The van der Waals surface area contributed by atoms with Crippen LogP contribution in [0.1, 0.15) is 24.5 Å². The molecule has 3 rings (SSSR count). The maximum Gasteiger partial charge on any atom is 0.317 e. The van der Waals surface area contributed by atoms with Crippen LogP contribution in [0.2, 0.25) is 0 Å². The Bertz CT molecular complexity index is 751. The minimum atomic E-state index is -0.565. The summed E-state index contributed by atoms with van der Waals surface area (Å²) in [5.74, 6) is -1.13. The van der Waals surface area contributed by atoms with E-state index in [2.05, 4.69) is 22.2 Å². The van der Waals surface area contributed by atoms with Crippen molar-refractivity contribution >= 4 is 6.03 Å². The number of carbonyl (C=O) groups excluding carboxylic acids is 1. The molecule has 1 fully saturated rings. The zero-order chi connectivity index (χ0) is 19.2. The first kappa shape index (κ1) is 19.3. The molecule has 0 atom stereocenters. The van der Waals surface area contributed by atoms with Gasteiger partial charge in [-0.05, 0) is 24.1 Å². The zero-order valence-corrected chi connectivity index (χ0v) is 15.5. The van der Waals surface area contributed by atoms with E-state index in [1.807, 2.05) is 10.9 Å². The number of carbonyl (C=O) groups is 1. The molecule has 0 unspecified atom stereocenters. The molecule has 0 radical (unpaired) electrons. The van der Waals surface area contributed by atoms with Gasteiger partial charge in [-0.25, -0.2) is 13.6 Å². The third kappa shape index (κ3) is 5.50. The van der Waals surface area contributed by atoms with Crippen LogP contribution in [0.3, 0.4) is 0 Å². The summed E-state index contributed by atoms with van der Waals surface area (Å²) in [7, 11) is 0. The van der Waals surface area contributed by atoms with E-state index in [9.17, 15) is 13.6 Å². The van der Waals surface area contributed by atoms with Crippen LogP contribution < -0.4 is 5.32 Å². The fourth-order valence-corrected chi connectivity index (χ4v) is 3.21. The second-order valence-electron chi connectivity index (χ2n) is 6.81. The highest BCUT2D eigenvalue weighted by molar-refractivity contribution is 5.74. The van der Waals surface area contributed by atoms with Crippen molar-refractivity contribution in [3.8, 4) is 0 Å². The second kappa shape index (κ2) is 8.94.